The fraction of sp³-hybridized carbons (Fsp3) is 0.273. The minimum atomic E-state index is -2.87. The van der Waals surface area contributed by atoms with Crippen molar-refractivity contribution in [2.75, 3.05) is 26.2 Å². The van der Waals surface area contributed by atoms with Crippen molar-refractivity contribution in [3.63, 3.8) is 0 Å². The van der Waals surface area contributed by atoms with Crippen LogP contribution in [-0.4, -0.2) is 53.5 Å². The van der Waals surface area contributed by atoms with Gasteiger partial charge in [0.25, 0.3) is 5.91 Å². The number of ether oxygens (including phenoxy) is 1. The molecule has 5 nitrogen and oxygen atoms in total. The van der Waals surface area contributed by atoms with Gasteiger partial charge >= 0.3 is 6.61 Å². The van der Waals surface area contributed by atoms with E-state index in [2.05, 4.69) is 27.1 Å². The third kappa shape index (κ3) is 5.01. The molecule has 0 spiro atoms. The SMILES string of the molecule is O=C(c1ccc(OC(F)F)cc1)N1CCN(Cc2csc(-c3ccccc3)n2)CC1. The van der Waals surface area contributed by atoms with Gasteiger partial charge in [0.2, 0.25) is 0 Å². The molecule has 1 aliphatic rings. The van der Waals surface area contributed by atoms with Crippen LogP contribution in [-0.2, 0) is 6.54 Å². The van der Waals surface area contributed by atoms with Crippen molar-refractivity contribution in [2.45, 2.75) is 13.2 Å². The van der Waals surface area contributed by atoms with Crippen LogP contribution in [0.1, 0.15) is 16.1 Å². The van der Waals surface area contributed by atoms with Crippen LogP contribution < -0.4 is 4.74 Å². The van der Waals surface area contributed by atoms with Gasteiger partial charge in [-0.05, 0) is 24.3 Å². The molecule has 1 saturated heterocycles. The highest BCUT2D eigenvalue weighted by Gasteiger charge is 2.23. The maximum Gasteiger partial charge on any atom is 0.387 e. The lowest BCUT2D eigenvalue weighted by Gasteiger charge is -2.34. The number of benzene rings is 2. The number of aromatic nitrogens is 1. The molecule has 0 saturated carbocycles. The predicted molar refractivity (Wildman–Crippen MR) is 112 cm³/mol. The van der Waals surface area contributed by atoms with Gasteiger partial charge in [-0.25, -0.2) is 4.98 Å². The molecule has 0 bridgehead atoms. The molecule has 1 fully saturated rings. The van der Waals surface area contributed by atoms with Crippen molar-refractivity contribution < 1.29 is 18.3 Å². The Morgan fingerprint density at radius 1 is 1.03 bits per heavy atom. The molecule has 4 rings (SSSR count). The summed E-state index contributed by atoms with van der Waals surface area (Å²) in [6.45, 7) is 0.632. The Hall–Kier alpha value is -2.84. The summed E-state index contributed by atoms with van der Waals surface area (Å²) in [6.07, 6.45) is 0. The molecule has 0 N–H and O–H groups in total. The molecular weight excluding hydrogens is 408 g/mol. The normalized spacial score (nSPS) is 14.8. The average Bonchev–Trinajstić information content (AvgIpc) is 3.23. The number of hydrogen-bond donors (Lipinski definition) is 0. The lowest BCUT2D eigenvalue weighted by molar-refractivity contribution is -0.0498. The number of amides is 1. The quantitative estimate of drug-likeness (QED) is 0.584. The number of piperazine rings is 1. The van der Waals surface area contributed by atoms with Crippen molar-refractivity contribution in [3.8, 4) is 16.3 Å². The Bertz CT molecular complexity index is 972. The van der Waals surface area contributed by atoms with Gasteiger partial charge in [0.1, 0.15) is 10.8 Å². The molecule has 1 amide bonds. The predicted octanol–water partition coefficient (Wildman–Crippen LogP) is 4.37. The molecule has 0 unspecified atom stereocenters. The van der Waals surface area contributed by atoms with Crippen molar-refractivity contribution >= 4 is 17.2 Å². The summed E-state index contributed by atoms with van der Waals surface area (Å²) in [7, 11) is 0. The molecule has 30 heavy (non-hydrogen) atoms. The molecule has 0 atom stereocenters. The smallest absolute Gasteiger partial charge is 0.387 e. The van der Waals surface area contributed by atoms with Gasteiger partial charge in [-0.1, -0.05) is 30.3 Å². The van der Waals surface area contributed by atoms with Crippen LogP contribution in [0, 0.1) is 0 Å². The van der Waals surface area contributed by atoms with E-state index in [1.54, 1.807) is 16.2 Å². The monoisotopic (exact) mass is 429 g/mol. The summed E-state index contributed by atoms with van der Waals surface area (Å²) in [6, 6.07) is 15.9. The van der Waals surface area contributed by atoms with Gasteiger partial charge in [0.05, 0.1) is 5.69 Å². The van der Waals surface area contributed by atoms with E-state index >= 15 is 0 Å². The van der Waals surface area contributed by atoms with Gasteiger partial charge in [-0.2, -0.15) is 8.78 Å². The third-order valence-electron chi connectivity index (χ3n) is 4.94. The molecule has 1 aromatic heterocycles. The molecule has 2 aromatic carbocycles. The zero-order valence-electron chi connectivity index (χ0n) is 16.2. The van der Waals surface area contributed by atoms with E-state index in [1.165, 1.54) is 24.3 Å². The number of rotatable bonds is 6. The van der Waals surface area contributed by atoms with E-state index < -0.39 is 6.61 Å². The Kier molecular flexibility index (Phi) is 6.35. The van der Waals surface area contributed by atoms with Crippen LogP contribution in [0.25, 0.3) is 10.6 Å². The summed E-state index contributed by atoms with van der Waals surface area (Å²) >= 11 is 1.64. The van der Waals surface area contributed by atoms with E-state index in [4.69, 9.17) is 4.98 Å². The summed E-state index contributed by atoms with van der Waals surface area (Å²) < 4.78 is 28.8. The number of alkyl halides is 2. The third-order valence-corrected chi connectivity index (χ3v) is 5.88. The Balaban J connectivity index is 1.30. The van der Waals surface area contributed by atoms with E-state index in [0.29, 0.717) is 18.7 Å². The zero-order chi connectivity index (χ0) is 20.9. The number of thiazole rings is 1. The van der Waals surface area contributed by atoms with E-state index in [-0.39, 0.29) is 11.7 Å². The van der Waals surface area contributed by atoms with Crippen LogP contribution in [0.2, 0.25) is 0 Å². The van der Waals surface area contributed by atoms with Crippen LogP contribution in [0.4, 0.5) is 8.78 Å². The first-order valence-corrected chi connectivity index (χ1v) is 10.5. The molecule has 0 radical (unpaired) electrons. The Labute approximate surface area is 177 Å². The highest BCUT2D eigenvalue weighted by atomic mass is 32.1. The Morgan fingerprint density at radius 3 is 2.40 bits per heavy atom. The summed E-state index contributed by atoms with van der Waals surface area (Å²) in [4.78, 5) is 21.5. The standard InChI is InChI=1S/C22H21F2N3O2S/c23-22(24)29-19-8-6-17(7-9-19)21(28)27-12-10-26(11-13-27)14-18-15-30-20(25-18)16-4-2-1-3-5-16/h1-9,15,22H,10-14H2. The first kappa shape index (κ1) is 20.4. The molecule has 8 heteroatoms. The van der Waals surface area contributed by atoms with Gasteiger partial charge < -0.3 is 9.64 Å². The first-order valence-electron chi connectivity index (χ1n) is 9.65. The highest BCUT2D eigenvalue weighted by Crippen LogP contribution is 2.24. The van der Waals surface area contributed by atoms with Gasteiger partial charge in [0, 0.05) is 49.2 Å². The van der Waals surface area contributed by atoms with Crippen molar-refractivity contribution in [1.29, 1.82) is 0 Å². The van der Waals surface area contributed by atoms with Crippen molar-refractivity contribution in [3.05, 3.63) is 71.2 Å². The van der Waals surface area contributed by atoms with Crippen LogP contribution in [0.3, 0.4) is 0 Å². The van der Waals surface area contributed by atoms with E-state index in [0.717, 1.165) is 35.9 Å². The summed E-state index contributed by atoms with van der Waals surface area (Å²) in [5, 5.41) is 3.10. The van der Waals surface area contributed by atoms with Crippen molar-refractivity contribution in [1.82, 2.24) is 14.8 Å². The zero-order valence-corrected chi connectivity index (χ0v) is 17.0. The molecule has 156 valence electrons. The van der Waals surface area contributed by atoms with Crippen LogP contribution in [0.5, 0.6) is 5.75 Å². The van der Waals surface area contributed by atoms with E-state index in [9.17, 15) is 13.6 Å². The van der Waals surface area contributed by atoms with E-state index in [1.807, 2.05) is 18.2 Å². The minimum absolute atomic E-state index is 0.0458. The lowest BCUT2D eigenvalue weighted by Crippen LogP contribution is -2.48. The van der Waals surface area contributed by atoms with Crippen molar-refractivity contribution in [2.24, 2.45) is 0 Å². The second-order valence-electron chi connectivity index (χ2n) is 6.98. The average molecular weight is 429 g/mol. The topological polar surface area (TPSA) is 45.7 Å². The number of carbonyl (C=O) groups excluding carboxylic acids is 1. The number of nitrogens with zero attached hydrogens (tertiary/aromatic N) is 3. The fourth-order valence-corrected chi connectivity index (χ4v) is 4.21. The minimum Gasteiger partial charge on any atom is -0.435 e. The summed E-state index contributed by atoms with van der Waals surface area (Å²) in [5.74, 6) is -0.0530. The second-order valence-corrected chi connectivity index (χ2v) is 7.84. The van der Waals surface area contributed by atoms with Gasteiger partial charge in [-0.15, -0.1) is 11.3 Å². The first-order chi connectivity index (χ1) is 14.6. The van der Waals surface area contributed by atoms with Crippen LogP contribution >= 0.6 is 11.3 Å². The highest BCUT2D eigenvalue weighted by molar-refractivity contribution is 7.13. The molecule has 2 heterocycles. The lowest BCUT2D eigenvalue weighted by atomic mass is 10.1. The molecule has 1 aliphatic heterocycles. The van der Waals surface area contributed by atoms with Crippen LogP contribution in [0.15, 0.2) is 60.0 Å². The fourth-order valence-electron chi connectivity index (χ4n) is 3.39. The summed E-state index contributed by atoms with van der Waals surface area (Å²) in [5.41, 5.74) is 2.62. The molecule has 3 aromatic rings. The second kappa shape index (κ2) is 9.32. The molecular formula is C22H21F2N3O2S. The Morgan fingerprint density at radius 2 is 1.73 bits per heavy atom. The van der Waals surface area contributed by atoms with Gasteiger partial charge in [0.15, 0.2) is 0 Å². The van der Waals surface area contributed by atoms with Gasteiger partial charge in [-0.3, -0.25) is 9.69 Å². The number of halogens is 2. The largest absolute Gasteiger partial charge is 0.435 e. The number of hydrogen-bond acceptors (Lipinski definition) is 5. The molecule has 0 aliphatic carbocycles. The maximum absolute atomic E-state index is 12.7. The maximum atomic E-state index is 12.7. The number of carbonyl (C=O) groups is 1.